The van der Waals surface area contributed by atoms with Gasteiger partial charge in [-0.25, -0.2) is 13.2 Å². The number of pyridine rings is 1. The Balaban J connectivity index is 1.23. The van der Waals surface area contributed by atoms with E-state index in [0.29, 0.717) is 5.56 Å². The molecular formula is C25H25N3O5S. The summed E-state index contributed by atoms with van der Waals surface area (Å²) in [7, 11) is -3.60. The number of fused-ring (bicyclic) bond motifs is 2. The van der Waals surface area contributed by atoms with Gasteiger partial charge in [-0.15, -0.1) is 0 Å². The first kappa shape index (κ1) is 22.5. The van der Waals surface area contributed by atoms with Crippen LogP contribution in [-0.2, 0) is 32.4 Å². The molecule has 0 radical (unpaired) electrons. The normalized spacial score (nSPS) is 16.4. The second-order valence-corrected chi connectivity index (χ2v) is 10.4. The predicted octanol–water partition coefficient (Wildman–Crippen LogP) is 2.41. The highest BCUT2D eigenvalue weighted by Gasteiger charge is 2.31. The highest BCUT2D eigenvalue weighted by atomic mass is 32.2. The van der Waals surface area contributed by atoms with Crippen LogP contribution in [0, 0.1) is 0 Å². The number of hydrogen-bond donors (Lipinski definition) is 0. The minimum atomic E-state index is -3.60. The lowest BCUT2D eigenvalue weighted by atomic mass is 10.0. The van der Waals surface area contributed by atoms with Gasteiger partial charge in [-0.2, -0.15) is 4.31 Å². The number of aryl methyl sites for hydroxylation is 1. The zero-order valence-electron chi connectivity index (χ0n) is 18.6. The summed E-state index contributed by atoms with van der Waals surface area (Å²) in [6.45, 7) is 0.501. The van der Waals surface area contributed by atoms with Crippen molar-refractivity contribution in [2.24, 2.45) is 0 Å². The molecule has 9 heteroatoms. The van der Waals surface area contributed by atoms with E-state index in [2.05, 4.69) is 4.98 Å². The maximum absolute atomic E-state index is 13.0. The van der Waals surface area contributed by atoms with Gasteiger partial charge < -0.3 is 9.64 Å². The van der Waals surface area contributed by atoms with Gasteiger partial charge in [0.05, 0.1) is 16.0 Å². The average Bonchev–Trinajstić information content (AvgIpc) is 3.34. The Morgan fingerprint density at radius 1 is 0.912 bits per heavy atom. The van der Waals surface area contributed by atoms with Gasteiger partial charge in [0, 0.05) is 37.3 Å². The van der Waals surface area contributed by atoms with E-state index in [0.717, 1.165) is 41.4 Å². The van der Waals surface area contributed by atoms with Crippen LogP contribution in [0.3, 0.4) is 0 Å². The molecule has 1 fully saturated rings. The van der Waals surface area contributed by atoms with Crippen molar-refractivity contribution >= 4 is 32.8 Å². The molecule has 0 spiro atoms. The highest BCUT2D eigenvalue weighted by molar-refractivity contribution is 7.89. The number of amides is 1. The predicted molar refractivity (Wildman–Crippen MR) is 126 cm³/mol. The molecule has 2 aliphatic rings. The largest absolute Gasteiger partial charge is 0.452 e. The van der Waals surface area contributed by atoms with Crippen molar-refractivity contribution < 1.29 is 22.7 Å². The van der Waals surface area contributed by atoms with Crippen molar-refractivity contribution in [3.63, 3.8) is 0 Å². The van der Waals surface area contributed by atoms with Gasteiger partial charge in [-0.05, 0) is 43.0 Å². The number of aromatic nitrogens is 1. The maximum Gasteiger partial charge on any atom is 0.339 e. The second kappa shape index (κ2) is 9.15. The van der Waals surface area contributed by atoms with Gasteiger partial charge in [0.2, 0.25) is 10.0 Å². The number of rotatable bonds is 5. The van der Waals surface area contributed by atoms with Gasteiger partial charge in [0.15, 0.2) is 6.61 Å². The van der Waals surface area contributed by atoms with Crippen molar-refractivity contribution in [2.45, 2.75) is 24.2 Å². The monoisotopic (exact) mass is 479 g/mol. The number of piperazine rings is 1. The molecule has 0 unspecified atom stereocenters. The molecule has 1 aliphatic carbocycles. The Kier molecular flexibility index (Phi) is 6.05. The van der Waals surface area contributed by atoms with E-state index in [-0.39, 0.29) is 43.6 Å². The fraction of sp³-hybridized carbons (Fsp3) is 0.320. The molecule has 34 heavy (non-hydrogen) atoms. The number of nitrogens with zero attached hydrogens (tertiary/aromatic N) is 3. The number of para-hydroxylation sites is 1. The van der Waals surface area contributed by atoms with Crippen molar-refractivity contribution in [1.29, 1.82) is 0 Å². The lowest BCUT2D eigenvalue weighted by molar-refractivity contribution is -0.135. The number of benzene rings is 2. The second-order valence-electron chi connectivity index (χ2n) is 8.46. The molecule has 2 heterocycles. The molecule has 8 nitrogen and oxygen atoms in total. The van der Waals surface area contributed by atoms with Crippen LogP contribution in [0.2, 0.25) is 0 Å². The molecule has 1 amide bonds. The quantitative estimate of drug-likeness (QED) is 0.522. The molecule has 0 bridgehead atoms. The van der Waals surface area contributed by atoms with Crippen molar-refractivity contribution in [2.75, 3.05) is 32.8 Å². The molecule has 1 aliphatic heterocycles. The van der Waals surface area contributed by atoms with Crippen LogP contribution in [0.5, 0.6) is 0 Å². The van der Waals surface area contributed by atoms with Crippen LogP contribution in [0.1, 0.15) is 28.0 Å². The molecule has 1 aromatic heterocycles. The third-order valence-corrected chi connectivity index (χ3v) is 8.34. The smallest absolute Gasteiger partial charge is 0.339 e. The molecule has 1 saturated heterocycles. The van der Waals surface area contributed by atoms with Crippen LogP contribution < -0.4 is 0 Å². The van der Waals surface area contributed by atoms with E-state index in [1.807, 2.05) is 24.3 Å². The first-order chi connectivity index (χ1) is 16.4. The summed E-state index contributed by atoms with van der Waals surface area (Å²) in [5, 5.41) is 0.736. The number of carbonyl (C=O) groups is 2. The maximum atomic E-state index is 13.0. The molecule has 3 aromatic rings. The number of carbonyl (C=O) groups excluding carboxylic acids is 2. The van der Waals surface area contributed by atoms with E-state index in [1.165, 1.54) is 4.31 Å². The van der Waals surface area contributed by atoms with Crippen LogP contribution in [0.15, 0.2) is 59.5 Å². The molecule has 2 aromatic carbocycles. The summed E-state index contributed by atoms with van der Waals surface area (Å²) < 4.78 is 32.4. The first-order valence-electron chi connectivity index (χ1n) is 11.4. The summed E-state index contributed by atoms with van der Waals surface area (Å²) in [4.78, 5) is 32.2. The van der Waals surface area contributed by atoms with Gasteiger partial charge >= 0.3 is 5.97 Å². The third-order valence-electron chi connectivity index (χ3n) is 6.42. The molecule has 0 N–H and O–H groups in total. The standard InChI is InChI=1S/C25H25N3O5S/c29-23(27-13-15-28(16-14-27)34(31,32)18-7-2-1-3-8-18)17-33-25(30)24-19-9-4-5-11-21(19)26-22-12-6-10-20(22)24/h1-5,7-9,11H,6,10,12-17H2. The molecule has 0 saturated carbocycles. The average molecular weight is 480 g/mol. The Hall–Kier alpha value is -3.30. The number of ether oxygens (including phenoxy) is 1. The van der Waals surface area contributed by atoms with Gasteiger partial charge in [0.1, 0.15) is 0 Å². The Morgan fingerprint density at radius 3 is 2.38 bits per heavy atom. The molecule has 0 atom stereocenters. The Morgan fingerprint density at radius 2 is 1.62 bits per heavy atom. The number of hydrogen-bond acceptors (Lipinski definition) is 6. The van der Waals surface area contributed by atoms with Crippen LogP contribution in [0.4, 0.5) is 0 Å². The number of sulfonamides is 1. The molecule has 5 rings (SSSR count). The van der Waals surface area contributed by atoms with Crippen molar-refractivity contribution in [3.05, 3.63) is 71.4 Å². The SMILES string of the molecule is O=C(OCC(=O)N1CCN(S(=O)(=O)c2ccccc2)CC1)c1c2c(nc3ccccc13)CCC2. The topological polar surface area (TPSA) is 96.9 Å². The zero-order chi connectivity index (χ0) is 23.7. The van der Waals surface area contributed by atoms with Crippen LogP contribution in [-0.4, -0.2) is 67.3 Å². The van der Waals surface area contributed by atoms with Gasteiger partial charge in [0.25, 0.3) is 5.91 Å². The fourth-order valence-electron chi connectivity index (χ4n) is 4.65. The van der Waals surface area contributed by atoms with E-state index < -0.39 is 16.0 Å². The van der Waals surface area contributed by atoms with E-state index in [9.17, 15) is 18.0 Å². The lowest BCUT2D eigenvalue weighted by Crippen LogP contribution is -2.51. The summed E-state index contributed by atoms with van der Waals surface area (Å²) in [5.41, 5.74) is 3.09. The van der Waals surface area contributed by atoms with Crippen LogP contribution in [0.25, 0.3) is 10.9 Å². The van der Waals surface area contributed by atoms with E-state index >= 15 is 0 Å². The summed E-state index contributed by atoms with van der Waals surface area (Å²) in [6.07, 6.45) is 2.53. The molecular weight excluding hydrogens is 454 g/mol. The Bertz CT molecular complexity index is 1350. The summed E-state index contributed by atoms with van der Waals surface area (Å²) in [6, 6.07) is 15.7. The zero-order valence-corrected chi connectivity index (χ0v) is 19.5. The van der Waals surface area contributed by atoms with Crippen LogP contribution >= 0.6 is 0 Å². The Labute approximate surface area is 198 Å². The summed E-state index contributed by atoms with van der Waals surface area (Å²) in [5.74, 6) is -0.851. The van der Waals surface area contributed by atoms with Crippen molar-refractivity contribution in [1.82, 2.24) is 14.2 Å². The fourth-order valence-corrected chi connectivity index (χ4v) is 6.10. The minimum absolute atomic E-state index is 0.194. The van der Waals surface area contributed by atoms with Crippen molar-refractivity contribution in [3.8, 4) is 0 Å². The third kappa shape index (κ3) is 4.17. The van der Waals surface area contributed by atoms with E-state index in [1.54, 1.807) is 35.2 Å². The highest BCUT2D eigenvalue weighted by Crippen LogP contribution is 2.30. The molecule has 176 valence electrons. The minimum Gasteiger partial charge on any atom is -0.452 e. The summed E-state index contributed by atoms with van der Waals surface area (Å²) >= 11 is 0. The first-order valence-corrected chi connectivity index (χ1v) is 12.8. The van der Waals surface area contributed by atoms with E-state index in [4.69, 9.17) is 4.74 Å². The van der Waals surface area contributed by atoms with Gasteiger partial charge in [-0.3, -0.25) is 9.78 Å². The number of esters is 1. The lowest BCUT2D eigenvalue weighted by Gasteiger charge is -2.33. The van der Waals surface area contributed by atoms with Gasteiger partial charge in [-0.1, -0.05) is 36.4 Å².